The highest BCUT2D eigenvalue weighted by Crippen LogP contribution is 2.21. The van der Waals surface area contributed by atoms with Gasteiger partial charge in [-0.15, -0.1) is 0 Å². The standard InChI is InChI=1S/C17H17N3O5/c1-12-9-13(7-8-15(12)20(23)24)19-16(21)10-18-17(22)11-25-14-5-3-2-4-6-14/h2-9H,10-11H2,1H3,(H,18,22)(H,19,21). The molecule has 0 aliphatic carbocycles. The maximum atomic E-state index is 11.8. The number of hydrogen-bond acceptors (Lipinski definition) is 5. The number of para-hydroxylation sites is 1. The summed E-state index contributed by atoms with van der Waals surface area (Å²) in [6.07, 6.45) is 0. The summed E-state index contributed by atoms with van der Waals surface area (Å²) in [5.74, 6) is -0.316. The van der Waals surface area contributed by atoms with E-state index in [2.05, 4.69) is 10.6 Å². The Balaban J connectivity index is 1.77. The van der Waals surface area contributed by atoms with Crippen molar-refractivity contribution in [1.29, 1.82) is 0 Å². The van der Waals surface area contributed by atoms with E-state index in [1.807, 2.05) is 6.07 Å². The van der Waals surface area contributed by atoms with Crippen LogP contribution in [0.4, 0.5) is 11.4 Å². The van der Waals surface area contributed by atoms with Crippen LogP contribution in [0, 0.1) is 17.0 Å². The molecule has 2 rings (SSSR count). The maximum absolute atomic E-state index is 11.8. The Hall–Kier alpha value is -3.42. The molecule has 0 aromatic heterocycles. The predicted molar refractivity (Wildman–Crippen MR) is 91.4 cm³/mol. The van der Waals surface area contributed by atoms with Gasteiger partial charge in [-0.3, -0.25) is 19.7 Å². The van der Waals surface area contributed by atoms with Crippen molar-refractivity contribution >= 4 is 23.2 Å². The number of amides is 2. The second kappa shape index (κ2) is 8.44. The molecule has 0 atom stereocenters. The molecule has 0 saturated heterocycles. The van der Waals surface area contributed by atoms with E-state index in [0.29, 0.717) is 17.0 Å². The van der Waals surface area contributed by atoms with Crippen molar-refractivity contribution in [2.45, 2.75) is 6.92 Å². The molecule has 0 aliphatic heterocycles. The highest BCUT2D eigenvalue weighted by Gasteiger charge is 2.12. The van der Waals surface area contributed by atoms with Crippen molar-refractivity contribution in [2.24, 2.45) is 0 Å². The molecule has 2 amide bonds. The molecule has 0 aliphatic rings. The zero-order valence-corrected chi connectivity index (χ0v) is 13.5. The zero-order valence-electron chi connectivity index (χ0n) is 13.5. The molecule has 0 bridgehead atoms. The minimum atomic E-state index is -0.492. The summed E-state index contributed by atoms with van der Waals surface area (Å²) in [5, 5.41) is 15.7. The average Bonchev–Trinajstić information content (AvgIpc) is 2.59. The number of carbonyl (C=O) groups is 2. The summed E-state index contributed by atoms with van der Waals surface area (Å²) < 4.78 is 5.26. The van der Waals surface area contributed by atoms with Gasteiger partial charge in [0.2, 0.25) is 5.91 Å². The van der Waals surface area contributed by atoms with E-state index in [0.717, 1.165) is 0 Å². The van der Waals surface area contributed by atoms with Gasteiger partial charge in [0.15, 0.2) is 6.61 Å². The molecule has 0 heterocycles. The van der Waals surface area contributed by atoms with Crippen LogP contribution >= 0.6 is 0 Å². The minimum Gasteiger partial charge on any atom is -0.484 e. The lowest BCUT2D eigenvalue weighted by Crippen LogP contribution is -2.35. The first-order chi connectivity index (χ1) is 12.0. The Morgan fingerprint density at radius 1 is 1.12 bits per heavy atom. The second-order valence-electron chi connectivity index (χ2n) is 5.19. The molecule has 0 unspecified atom stereocenters. The van der Waals surface area contributed by atoms with Crippen molar-refractivity contribution in [3.63, 3.8) is 0 Å². The lowest BCUT2D eigenvalue weighted by Gasteiger charge is -2.09. The number of hydrogen-bond donors (Lipinski definition) is 2. The Morgan fingerprint density at radius 2 is 1.84 bits per heavy atom. The molecule has 0 fully saturated rings. The Kier molecular flexibility index (Phi) is 6.05. The van der Waals surface area contributed by atoms with Crippen molar-refractivity contribution < 1.29 is 19.2 Å². The van der Waals surface area contributed by atoms with E-state index in [9.17, 15) is 19.7 Å². The fourth-order valence-electron chi connectivity index (χ4n) is 2.04. The fraction of sp³-hybridized carbons (Fsp3) is 0.176. The van der Waals surface area contributed by atoms with E-state index >= 15 is 0 Å². The van der Waals surface area contributed by atoms with Gasteiger partial charge in [0.05, 0.1) is 11.5 Å². The number of nitrogens with zero attached hydrogens (tertiary/aromatic N) is 1. The van der Waals surface area contributed by atoms with Crippen LogP contribution in [0.1, 0.15) is 5.56 Å². The number of nitro groups is 1. The van der Waals surface area contributed by atoms with Crippen molar-refractivity contribution in [2.75, 3.05) is 18.5 Å². The van der Waals surface area contributed by atoms with Crippen LogP contribution in [0.25, 0.3) is 0 Å². The van der Waals surface area contributed by atoms with Crippen molar-refractivity contribution in [3.05, 3.63) is 64.2 Å². The van der Waals surface area contributed by atoms with E-state index < -0.39 is 16.7 Å². The van der Waals surface area contributed by atoms with Crippen LogP contribution in [-0.2, 0) is 9.59 Å². The average molecular weight is 343 g/mol. The number of anilines is 1. The van der Waals surface area contributed by atoms with Crippen LogP contribution in [0.3, 0.4) is 0 Å². The number of aryl methyl sites for hydroxylation is 1. The first-order valence-electron chi connectivity index (χ1n) is 7.45. The molecule has 8 nitrogen and oxygen atoms in total. The minimum absolute atomic E-state index is 0.0237. The zero-order chi connectivity index (χ0) is 18.2. The summed E-state index contributed by atoms with van der Waals surface area (Å²) in [5.41, 5.74) is 0.829. The molecule has 8 heteroatoms. The van der Waals surface area contributed by atoms with Gasteiger partial charge in [0.25, 0.3) is 11.6 Å². The molecule has 2 N–H and O–H groups in total. The topological polar surface area (TPSA) is 111 Å². The monoisotopic (exact) mass is 343 g/mol. The molecule has 25 heavy (non-hydrogen) atoms. The Labute approximate surface area is 144 Å². The fourth-order valence-corrected chi connectivity index (χ4v) is 2.04. The van der Waals surface area contributed by atoms with Gasteiger partial charge in [-0.2, -0.15) is 0 Å². The van der Waals surface area contributed by atoms with Gasteiger partial charge in [0.1, 0.15) is 5.75 Å². The third-order valence-electron chi connectivity index (χ3n) is 3.24. The van der Waals surface area contributed by atoms with E-state index in [1.165, 1.54) is 18.2 Å². The normalized spacial score (nSPS) is 9.96. The number of nitrogens with one attached hydrogen (secondary N) is 2. The van der Waals surface area contributed by atoms with Crippen LogP contribution in [0.2, 0.25) is 0 Å². The van der Waals surface area contributed by atoms with Gasteiger partial charge in [0, 0.05) is 17.3 Å². The van der Waals surface area contributed by atoms with Gasteiger partial charge in [-0.25, -0.2) is 0 Å². The molecular weight excluding hydrogens is 326 g/mol. The predicted octanol–water partition coefficient (Wildman–Crippen LogP) is 2.04. The first-order valence-corrected chi connectivity index (χ1v) is 7.45. The first kappa shape index (κ1) is 17.9. The number of nitro benzene ring substituents is 1. The smallest absolute Gasteiger partial charge is 0.272 e. The van der Waals surface area contributed by atoms with Crippen LogP contribution in [0.5, 0.6) is 5.75 Å². The summed E-state index contributed by atoms with van der Waals surface area (Å²) in [4.78, 5) is 33.7. The van der Waals surface area contributed by atoms with Gasteiger partial charge < -0.3 is 15.4 Å². The molecule has 2 aromatic carbocycles. The van der Waals surface area contributed by atoms with Gasteiger partial charge >= 0.3 is 0 Å². The Morgan fingerprint density at radius 3 is 2.48 bits per heavy atom. The van der Waals surface area contributed by atoms with Gasteiger partial charge in [-0.05, 0) is 31.2 Å². The largest absolute Gasteiger partial charge is 0.484 e. The van der Waals surface area contributed by atoms with Crippen LogP contribution in [0.15, 0.2) is 48.5 Å². The molecule has 130 valence electrons. The summed E-state index contributed by atoms with van der Waals surface area (Å²) in [6.45, 7) is 1.15. The van der Waals surface area contributed by atoms with E-state index in [4.69, 9.17) is 4.74 Å². The second-order valence-corrected chi connectivity index (χ2v) is 5.19. The summed E-state index contributed by atoms with van der Waals surface area (Å²) >= 11 is 0. The molecule has 2 aromatic rings. The molecule has 0 radical (unpaired) electrons. The Bertz CT molecular complexity index is 777. The van der Waals surface area contributed by atoms with Crippen molar-refractivity contribution in [3.8, 4) is 5.75 Å². The van der Waals surface area contributed by atoms with E-state index in [-0.39, 0.29) is 18.8 Å². The highest BCUT2D eigenvalue weighted by atomic mass is 16.6. The number of rotatable bonds is 7. The third kappa shape index (κ3) is 5.61. The third-order valence-corrected chi connectivity index (χ3v) is 3.24. The number of benzene rings is 2. The lowest BCUT2D eigenvalue weighted by atomic mass is 10.2. The van der Waals surface area contributed by atoms with Crippen LogP contribution < -0.4 is 15.4 Å². The van der Waals surface area contributed by atoms with E-state index in [1.54, 1.807) is 31.2 Å². The van der Waals surface area contributed by atoms with Crippen molar-refractivity contribution in [1.82, 2.24) is 5.32 Å². The molecular formula is C17H17N3O5. The molecule has 0 saturated carbocycles. The number of carbonyl (C=O) groups excluding carboxylic acids is 2. The summed E-state index contributed by atoms with van der Waals surface area (Å²) in [6, 6.07) is 13.1. The summed E-state index contributed by atoms with van der Waals surface area (Å²) in [7, 11) is 0. The maximum Gasteiger partial charge on any atom is 0.272 e. The highest BCUT2D eigenvalue weighted by molar-refractivity contribution is 5.94. The SMILES string of the molecule is Cc1cc(NC(=O)CNC(=O)COc2ccccc2)ccc1[N+](=O)[O-]. The quantitative estimate of drug-likeness (QED) is 0.590. The lowest BCUT2D eigenvalue weighted by molar-refractivity contribution is -0.385. The number of ether oxygens (including phenoxy) is 1. The van der Waals surface area contributed by atoms with Crippen LogP contribution in [-0.4, -0.2) is 29.9 Å². The molecule has 0 spiro atoms. The van der Waals surface area contributed by atoms with Gasteiger partial charge in [-0.1, -0.05) is 18.2 Å².